The Hall–Kier alpha value is -2.70. The zero-order chi connectivity index (χ0) is 14.7. The molecule has 0 unspecified atom stereocenters. The number of para-hydroxylation sites is 1. The van der Waals surface area contributed by atoms with Gasteiger partial charge in [0.15, 0.2) is 12.1 Å². The number of aryl methyl sites for hydroxylation is 1. The average molecular weight is 277 g/mol. The van der Waals surface area contributed by atoms with Crippen LogP contribution in [0.25, 0.3) is 5.69 Å². The summed E-state index contributed by atoms with van der Waals surface area (Å²) < 4.78 is 19.7. The number of aromatic nitrogens is 2. The van der Waals surface area contributed by atoms with E-state index in [0.717, 1.165) is 0 Å². The molecular formula is C13H12FN3O3. The lowest BCUT2D eigenvalue weighted by atomic mass is 10.2. The second-order valence-corrected chi connectivity index (χ2v) is 3.98. The van der Waals surface area contributed by atoms with Crippen LogP contribution in [-0.2, 0) is 4.74 Å². The maximum atomic E-state index is 14.0. The van der Waals surface area contributed by atoms with E-state index in [1.165, 1.54) is 36.2 Å². The summed E-state index contributed by atoms with van der Waals surface area (Å²) in [4.78, 5) is 22.1. The number of amides is 1. The summed E-state index contributed by atoms with van der Waals surface area (Å²) in [7, 11) is 1.21. The third-order valence-corrected chi connectivity index (χ3v) is 2.70. The van der Waals surface area contributed by atoms with E-state index >= 15 is 0 Å². The van der Waals surface area contributed by atoms with Crippen molar-refractivity contribution in [3.05, 3.63) is 41.5 Å². The van der Waals surface area contributed by atoms with Gasteiger partial charge in [0.25, 0.3) is 0 Å². The number of hydrogen-bond acceptors (Lipinski definition) is 4. The second kappa shape index (κ2) is 5.52. The first-order valence-corrected chi connectivity index (χ1v) is 5.72. The van der Waals surface area contributed by atoms with Crippen molar-refractivity contribution in [1.29, 1.82) is 0 Å². The molecule has 1 aromatic carbocycles. The minimum atomic E-state index is -0.726. The third kappa shape index (κ3) is 2.51. The molecule has 0 saturated heterocycles. The smallest absolute Gasteiger partial charge is 0.411 e. The van der Waals surface area contributed by atoms with Gasteiger partial charge in [-0.25, -0.2) is 13.9 Å². The van der Waals surface area contributed by atoms with E-state index in [2.05, 4.69) is 15.2 Å². The topological polar surface area (TPSA) is 73.2 Å². The summed E-state index contributed by atoms with van der Waals surface area (Å²) in [5.41, 5.74) is 1.04. The molecule has 0 aliphatic carbocycles. The Balaban J connectivity index is 2.53. The van der Waals surface area contributed by atoms with Crippen molar-refractivity contribution in [2.45, 2.75) is 6.92 Å². The standard InChI is InChI=1S/C13H12FN3O3/c1-8-9(7-18)6-17(16-8)12-10(14)4-3-5-11(12)15-13(19)20-2/h3-7H,1-2H3,(H,15,19). The van der Waals surface area contributed by atoms with Crippen LogP contribution >= 0.6 is 0 Å². The summed E-state index contributed by atoms with van der Waals surface area (Å²) in [6.07, 6.45) is 1.30. The summed E-state index contributed by atoms with van der Waals surface area (Å²) in [6.45, 7) is 1.63. The maximum Gasteiger partial charge on any atom is 0.411 e. The molecule has 2 rings (SSSR count). The average Bonchev–Trinajstić information content (AvgIpc) is 2.79. The number of aldehydes is 1. The summed E-state index contributed by atoms with van der Waals surface area (Å²) in [6, 6.07) is 4.18. The Labute approximate surface area is 114 Å². The highest BCUT2D eigenvalue weighted by molar-refractivity contribution is 5.87. The normalized spacial score (nSPS) is 10.2. The fourth-order valence-corrected chi connectivity index (χ4v) is 1.71. The Bertz CT molecular complexity index is 667. The van der Waals surface area contributed by atoms with E-state index in [4.69, 9.17) is 0 Å². The number of carbonyl (C=O) groups is 2. The Morgan fingerprint density at radius 1 is 1.50 bits per heavy atom. The number of benzene rings is 1. The number of nitrogens with zero attached hydrogens (tertiary/aromatic N) is 2. The Morgan fingerprint density at radius 3 is 2.85 bits per heavy atom. The molecule has 1 N–H and O–H groups in total. The molecule has 104 valence electrons. The van der Waals surface area contributed by atoms with Crippen molar-refractivity contribution in [2.75, 3.05) is 12.4 Å². The van der Waals surface area contributed by atoms with Gasteiger partial charge in [-0.3, -0.25) is 10.1 Å². The molecule has 0 bridgehead atoms. The first-order valence-electron chi connectivity index (χ1n) is 5.72. The predicted octanol–water partition coefficient (Wildman–Crippen LogP) is 2.31. The van der Waals surface area contributed by atoms with Crippen molar-refractivity contribution >= 4 is 18.1 Å². The zero-order valence-corrected chi connectivity index (χ0v) is 10.9. The molecule has 1 heterocycles. The number of hydrogen-bond donors (Lipinski definition) is 1. The van der Waals surface area contributed by atoms with Gasteiger partial charge in [0.1, 0.15) is 5.69 Å². The molecule has 0 atom stereocenters. The van der Waals surface area contributed by atoms with Crippen molar-refractivity contribution < 1.29 is 18.7 Å². The van der Waals surface area contributed by atoms with Crippen LogP contribution in [0, 0.1) is 12.7 Å². The van der Waals surface area contributed by atoms with E-state index in [1.807, 2.05) is 0 Å². The fraction of sp³-hybridized carbons (Fsp3) is 0.154. The van der Waals surface area contributed by atoms with Crippen LogP contribution in [0.5, 0.6) is 0 Å². The number of carbonyl (C=O) groups excluding carboxylic acids is 2. The zero-order valence-electron chi connectivity index (χ0n) is 10.9. The van der Waals surface area contributed by atoms with Crippen LogP contribution in [0.2, 0.25) is 0 Å². The fourth-order valence-electron chi connectivity index (χ4n) is 1.71. The molecule has 0 saturated carbocycles. The molecule has 0 spiro atoms. The van der Waals surface area contributed by atoms with Gasteiger partial charge in [-0.05, 0) is 19.1 Å². The van der Waals surface area contributed by atoms with Crippen LogP contribution in [0.1, 0.15) is 16.1 Å². The lowest BCUT2D eigenvalue weighted by Crippen LogP contribution is -2.14. The summed E-state index contributed by atoms with van der Waals surface area (Å²) in [5.74, 6) is -0.584. The summed E-state index contributed by atoms with van der Waals surface area (Å²) >= 11 is 0. The summed E-state index contributed by atoms with van der Waals surface area (Å²) in [5, 5.41) is 6.46. The van der Waals surface area contributed by atoms with E-state index in [-0.39, 0.29) is 11.4 Å². The van der Waals surface area contributed by atoms with Gasteiger partial charge in [0.2, 0.25) is 0 Å². The van der Waals surface area contributed by atoms with Gasteiger partial charge in [-0.15, -0.1) is 0 Å². The highest BCUT2D eigenvalue weighted by atomic mass is 19.1. The largest absolute Gasteiger partial charge is 0.453 e. The third-order valence-electron chi connectivity index (χ3n) is 2.70. The highest BCUT2D eigenvalue weighted by Crippen LogP contribution is 2.24. The van der Waals surface area contributed by atoms with Crippen LogP contribution in [0.4, 0.5) is 14.9 Å². The molecule has 0 radical (unpaired) electrons. The highest BCUT2D eigenvalue weighted by Gasteiger charge is 2.15. The molecule has 1 aromatic heterocycles. The van der Waals surface area contributed by atoms with Crippen LogP contribution in [-0.4, -0.2) is 29.3 Å². The number of nitrogens with one attached hydrogen (secondary N) is 1. The van der Waals surface area contributed by atoms with E-state index in [0.29, 0.717) is 17.5 Å². The van der Waals surface area contributed by atoms with Gasteiger partial charge < -0.3 is 4.74 Å². The van der Waals surface area contributed by atoms with Gasteiger partial charge in [-0.1, -0.05) is 6.07 Å². The van der Waals surface area contributed by atoms with E-state index < -0.39 is 11.9 Å². The van der Waals surface area contributed by atoms with E-state index in [1.54, 1.807) is 6.92 Å². The molecular weight excluding hydrogens is 265 g/mol. The minimum absolute atomic E-state index is 0.0362. The quantitative estimate of drug-likeness (QED) is 0.874. The second-order valence-electron chi connectivity index (χ2n) is 3.98. The predicted molar refractivity (Wildman–Crippen MR) is 69.7 cm³/mol. The van der Waals surface area contributed by atoms with E-state index in [9.17, 15) is 14.0 Å². The van der Waals surface area contributed by atoms with Crippen molar-refractivity contribution in [3.63, 3.8) is 0 Å². The molecule has 20 heavy (non-hydrogen) atoms. The molecule has 1 amide bonds. The maximum absolute atomic E-state index is 14.0. The first kappa shape index (κ1) is 13.7. The Morgan fingerprint density at radius 2 is 2.25 bits per heavy atom. The lowest BCUT2D eigenvalue weighted by molar-refractivity contribution is 0.112. The molecule has 0 aliphatic rings. The number of anilines is 1. The van der Waals surface area contributed by atoms with Gasteiger partial charge in [-0.2, -0.15) is 5.10 Å². The van der Waals surface area contributed by atoms with Gasteiger partial charge in [0.05, 0.1) is 24.1 Å². The number of halogens is 1. The molecule has 6 nitrogen and oxygen atoms in total. The van der Waals surface area contributed by atoms with Crippen molar-refractivity contribution in [1.82, 2.24) is 9.78 Å². The van der Waals surface area contributed by atoms with Gasteiger partial charge in [0, 0.05) is 6.20 Å². The van der Waals surface area contributed by atoms with Crippen LogP contribution in [0.3, 0.4) is 0 Å². The SMILES string of the molecule is COC(=O)Nc1cccc(F)c1-n1cc(C=O)c(C)n1. The van der Waals surface area contributed by atoms with Gasteiger partial charge >= 0.3 is 6.09 Å². The number of rotatable bonds is 3. The molecule has 7 heteroatoms. The Kier molecular flexibility index (Phi) is 3.79. The number of ether oxygens (including phenoxy) is 1. The first-order chi connectivity index (χ1) is 9.56. The minimum Gasteiger partial charge on any atom is -0.453 e. The number of methoxy groups -OCH3 is 1. The lowest BCUT2D eigenvalue weighted by Gasteiger charge is -2.11. The van der Waals surface area contributed by atoms with Crippen molar-refractivity contribution in [2.24, 2.45) is 0 Å². The van der Waals surface area contributed by atoms with Crippen LogP contribution in [0.15, 0.2) is 24.4 Å². The molecule has 0 aliphatic heterocycles. The van der Waals surface area contributed by atoms with Crippen molar-refractivity contribution in [3.8, 4) is 5.69 Å². The monoisotopic (exact) mass is 277 g/mol. The molecule has 2 aromatic rings. The molecule has 0 fully saturated rings. The van der Waals surface area contributed by atoms with Crippen LogP contribution < -0.4 is 5.32 Å².